The first-order valence-corrected chi connectivity index (χ1v) is 8.27. The quantitative estimate of drug-likeness (QED) is 0.665. The molecule has 0 aliphatic rings. The van der Waals surface area contributed by atoms with Gasteiger partial charge in [0.05, 0.1) is 6.61 Å². The Morgan fingerprint density at radius 1 is 1.29 bits per heavy atom. The monoisotopic (exact) mass is 331 g/mol. The highest BCUT2D eigenvalue weighted by atomic mass is 35.5. The number of hydrogen-bond acceptors (Lipinski definition) is 4. The van der Waals surface area contributed by atoms with Gasteiger partial charge in [0.15, 0.2) is 5.54 Å². The highest BCUT2D eigenvalue weighted by molar-refractivity contribution is 7.90. The molecule has 6 heteroatoms. The third-order valence-electron chi connectivity index (χ3n) is 2.96. The first-order valence-electron chi connectivity index (χ1n) is 6.74. The topological polar surface area (TPSA) is 61.4 Å². The van der Waals surface area contributed by atoms with E-state index in [0.29, 0.717) is 10.6 Å². The molecule has 1 rings (SSSR count). The molecule has 0 spiro atoms. The van der Waals surface area contributed by atoms with Gasteiger partial charge in [-0.25, -0.2) is 4.79 Å². The van der Waals surface area contributed by atoms with Crippen molar-refractivity contribution in [3.63, 3.8) is 0 Å². The number of halogens is 1. The average Bonchev–Trinajstić information content (AvgIpc) is 2.38. The Kier molecular flexibility index (Phi) is 6.11. The van der Waals surface area contributed by atoms with E-state index >= 15 is 0 Å². The lowest BCUT2D eigenvalue weighted by molar-refractivity contribution is -0.150. The molecule has 118 valence electrons. The smallest absolute Gasteiger partial charge is 0.335 e. The molecule has 0 radical (unpaired) electrons. The third kappa shape index (κ3) is 4.61. The van der Waals surface area contributed by atoms with Crippen molar-refractivity contribution in [2.75, 3.05) is 6.61 Å². The van der Waals surface area contributed by atoms with Crippen LogP contribution in [0.5, 0.6) is 0 Å². The van der Waals surface area contributed by atoms with Crippen LogP contribution in [0.15, 0.2) is 24.3 Å². The van der Waals surface area contributed by atoms with E-state index in [2.05, 4.69) is 4.72 Å². The SMILES string of the molecule is CCOC(=O)C(C)(N[S@@+]([O-])C(C)(C)C)c1ccc(Cl)cc1. The maximum absolute atomic E-state index is 12.4. The lowest BCUT2D eigenvalue weighted by atomic mass is 9.93. The van der Waals surface area contributed by atoms with Crippen LogP contribution < -0.4 is 4.72 Å². The van der Waals surface area contributed by atoms with E-state index in [9.17, 15) is 9.35 Å². The molecule has 0 bridgehead atoms. The van der Waals surface area contributed by atoms with E-state index in [1.807, 2.05) is 20.8 Å². The standard InChI is InChI=1S/C15H22ClNO3S/c1-6-20-13(18)15(5,17-21(19)14(2,3)4)11-7-9-12(16)10-8-11/h7-10,17H,6H2,1-5H3/t15?,21-/m0/s1. The number of rotatable bonds is 5. The number of carbonyl (C=O) groups excluding carboxylic acids is 1. The zero-order chi connectivity index (χ0) is 16.3. The molecule has 0 saturated heterocycles. The summed E-state index contributed by atoms with van der Waals surface area (Å²) in [6, 6.07) is 6.84. The zero-order valence-electron chi connectivity index (χ0n) is 13.0. The molecule has 4 nitrogen and oxygen atoms in total. The molecule has 2 atom stereocenters. The second-order valence-electron chi connectivity index (χ2n) is 5.84. The van der Waals surface area contributed by atoms with Gasteiger partial charge in [0.25, 0.3) is 0 Å². The number of carbonyl (C=O) groups is 1. The van der Waals surface area contributed by atoms with Crippen molar-refractivity contribution in [1.29, 1.82) is 0 Å². The van der Waals surface area contributed by atoms with Crippen molar-refractivity contribution in [1.82, 2.24) is 4.72 Å². The molecule has 1 aromatic carbocycles. The molecule has 1 aromatic rings. The summed E-state index contributed by atoms with van der Waals surface area (Å²) in [6.45, 7) is 9.17. The predicted molar refractivity (Wildman–Crippen MR) is 86.5 cm³/mol. The summed E-state index contributed by atoms with van der Waals surface area (Å²) >= 11 is 4.46. The molecule has 1 N–H and O–H groups in total. The molecular weight excluding hydrogens is 310 g/mol. The van der Waals surface area contributed by atoms with E-state index in [1.165, 1.54) is 0 Å². The number of hydrogen-bond donors (Lipinski definition) is 1. The van der Waals surface area contributed by atoms with Gasteiger partial charge in [-0.3, -0.25) is 0 Å². The maximum atomic E-state index is 12.4. The second-order valence-corrected chi connectivity index (χ2v) is 8.24. The molecule has 0 aliphatic heterocycles. The van der Waals surface area contributed by atoms with Gasteiger partial charge in [-0.15, -0.1) is 4.72 Å². The lowest BCUT2D eigenvalue weighted by Crippen LogP contribution is -2.54. The Bertz CT molecular complexity index is 487. The van der Waals surface area contributed by atoms with Crippen LogP contribution in [0.2, 0.25) is 5.02 Å². The lowest BCUT2D eigenvalue weighted by Gasteiger charge is -2.33. The summed E-state index contributed by atoms with van der Waals surface area (Å²) < 4.78 is 19.9. The van der Waals surface area contributed by atoms with Gasteiger partial charge in [0.1, 0.15) is 4.75 Å². The number of ether oxygens (including phenoxy) is 1. The van der Waals surface area contributed by atoms with Crippen LogP contribution >= 0.6 is 11.6 Å². The normalized spacial score (nSPS) is 16.1. The maximum Gasteiger partial charge on any atom is 0.335 e. The summed E-state index contributed by atoms with van der Waals surface area (Å²) in [5.74, 6) is -0.468. The van der Waals surface area contributed by atoms with E-state index in [-0.39, 0.29) is 6.61 Å². The van der Waals surface area contributed by atoms with Crippen molar-refractivity contribution in [3.8, 4) is 0 Å². The van der Waals surface area contributed by atoms with E-state index in [0.717, 1.165) is 0 Å². The largest absolute Gasteiger partial charge is 0.598 e. The van der Waals surface area contributed by atoms with Gasteiger partial charge in [-0.1, -0.05) is 23.7 Å². The Labute approximate surface area is 134 Å². The highest BCUT2D eigenvalue weighted by Gasteiger charge is 2.44. The van der Waals surface area contributed by atoms with Gasteiger partial charge in [0, 0.05) is 16.4 Å². The van der Waals surface area contributed by atoms with Crippen LogP contribution in [0.3, 0.4) is 0 Å². The molecule has 0 amide bonds. The minimum absolute atomic E-state index is 0.256. The van der Waals surface area contributed by atoms with Gasteiger partial charge in [-0.05, 0) is 52.3 Å². The van der Waals surface area contributed by atoms with Crippen LogP contribution in [0.1, 0.15) is 40.2 Å². The van der Waals surface area contributed by atoms with Crippen molar-refractivity contribution < 1.29 is 14.1 Å². The zero-order valence-corrected chi connectivity index (χ0v) is 14.6. The number of benzene rings is 1. The summed E-state index contributed by atoms with van der Waals surface area (Å²) in [5, 5.41) is 0.571. The molecular formula is C15H22ClNO3S. The van der Waals surface area contributed by atoms with Crippen molar-refractivity contribution in [2.45, 2.75) is 44.9 Å². The van der Waals surface area contributed by atoms with E-state index < -0.39 is 27.6 Å². The fraction of sp³-hybridized carbons (Fsp3) is 0.533. The van der Waals surface area contributed by atoms with Crippen LogP contribution in [0.25, 0.3) is 0 Å². The molecule has 0 saturated carbocycles. The van der Waals surface area contributed by atoms with Crippen molar-refractivity contribution >= 4 is 28.9 Å². The Morgan fingerprint density at radius 2 is 1.81 bits per heavy atom. The van der Waals surface area contributed by atoms with E-state index in [1.54, 1.807) is 38.1 Å². The molecule has 0 aliphatic carbocycles. The number of nitrogens with one attached hydrogen (secondary N) is 1. The van der Waals surface area contributed by atoms with Crippen molar-refractivity contribution in [2.24, 2.45) is 0 Å². The van der Waals surface area contributed by atoms with Gasteiger partial charge in [0.2, 0.25) is 0 Å². The molecule has 1 unspecified atom stereocenters. The third-order valence-corrected chi connectivity index (χ3v) is 4.92. The van der Waals surface area contributed by atoms with Crippen LogP contribution in [-0.4, -0.2) is 21.9 Å². The Hall–Kier alpha value is -0.750. The van der Waals surface area contributed by atoms with Gasteiger partial charge in [-0.2, -0.15) is 0 Å². The fourth-order valence-electron chi connectivity index (χ4n) is 1.62. The summed E-state index contributed by atoms with van der Waals surface area (Å²) in [5.41, 5.74) is -0.540. The Morgan fingerprint density at radius 3 is 2.24 bits per heavy atom. The molecule has 21 heavy (non-hydrogen) atoms. The molecule has 0 aromatic heterocycles. The summed E-state index contributed by atoms with van der Waals surface area (Å²) in [7, 11) is 0. The first-order chi connectivity index (χ1) is 9.61. The minimum Gasteiger partial charge on any atom is -0.598 e. The van der Waals surface area contributed by atoms with E-state index in [4.69, 9.17) is 16.3 Å². The first kappa shape index (κ1) is 18.3. The predicted octanol–water partition coefficient (Wildman–Crippen LogP) is 3.17. The van der Waals surface area contributed by atoms with Crippen LogP contribution in [0, 0.1) is 0 Å². The summed E-state index contributed by atoms with van der Waals surface area (Å²) in [4.78, 5) is 12.4. The summed E-state index contributed by atoms with van der Waals surface area (Å²) in [6.07, 6.45) is 0. The van der Waals surface area contributed by atoms with Gasteiger partial charge >= 0.3 is 5.97 Å². The Balaban J connectivity index is 3.17. The van der Waals surface area contributed by atoms with Crippen molar-refractivity contribution in [3.05, 3.63) is 34.9 Å². The number of esters is 1. The van der Waals surface area contributed by atoms with Gasteiger partial charge < -0.3 is 9.29 Å². The second kappa shape index (κ2) is 7.01. The van der Waals surface area contributed by atoms with Crippen LogP contribution in [0.4, 0.5) is 0 Å². The minimum atomic E-state index is -1.42. The fourth-order valence-corrected chi connectivity index (χ4v) is 2.62. The average molecular weight is 332 g/mol. The molecule has 0 fully saturated rings. The molecule has 0 heterocycles. The highest BCUT2D eigenvalue weighted by Crippen LogP contribution is 2.28. The van der Waals surface area contributed by atoms with Crippen LogP contribution in [-0.2, 0) is 26.4 Å².